The molecule has 0 atom stereocenters. The highest BCUT2D eigenvalue weighted by Crippen LogP contribution is 2.31. The molecule has 1 fully saturated rings. The minimum absolute atomic E-state index is 0.144. The van der Waals surface area contributed by atoms with Crippen LogP contribution in [-0.4, -0.2) is 46.1 Å². The van der Waals surface area contributed by atoms with Crippen LogP contribution in [0.25, 0.3) is 5.69 Å². The van der Waals surface area contributed by atoms with Gasteiger partial charge in [0.1, 0.15) is 0 Å². The lowest BCUT2D eigenvalue weighted by Crippen LogP contribution is -2.22. The summed E-state index contributed by atoms with van der Waals surface area (Å²) in [6.07, 6.45) is 2.57. The molecule has 0 unspecified atom stereocenters. The highest BCUT2D eigenvalue weighted by molar-refractivity contribution is 9.10. The topological polar surface area (TPSA) is 63.1 Å². The number of hydrogen-bond donors (Lipinski definition) is 1. The van der Waals surface area contributed by atoms with E-state index in [2.05, 4.69) is 31.4 Å². The lowest BCUT2D eigenvalue weighted by Gasteiger charge is -2.18. The molecule has 0 amide bonds. The van der Waals surface area contributed by atoms with Gasteiger partial charge in [-0.2, -0.15) is 0 Å². The molecule has 1 heterocycles. The number of rotatable bonds is 9. The van der Waals surface area contributed by atoms with Gasteiger partial charge in [-0.15, -0.1) is 10.2 Å². The third kappa shape index (κ3) is 5.06. The van der Waals surface area contributed by atoms with Crippen LogP contribution in [0.4, 0.5) is 0 Å². The van der Waals surface area contributed by atoms with Crippen LogP contribution in [0.3, 0.4) is 0 Å². The largest absolute Gasteiger partial charge is 0.310 e. The lowest BCUT2D eigenvalue weighted by molar-refractivity contribution is 0.103. The van der Waals surface area contributed by atoms with E-state index in [1.165, 1.54) is 12.8 Å². The molecule has 1 aliphatic rings. The van der Waals surface area contributed by atoms with Crippen LogP contribution in [0.1, 0.15) is 40.4 Å². The Labute approximate surface area is 195 Å². The molecule has 1 saturated carbocycles. The summed E-state index contributed by atoms with van der Waals surface area (Å²) in [5, 5.41) is 12.8. The molecule has 4 rings (SSSR count). The van der Waals surface area contributed by atoms with Gasteiger partial charge in [-0.3, -0.25) is 9.36 Å². The zero-order valence-corrected chi connectivity index (χ0v) is 19.9. The van der Waals surface area contributed by atoms with Crippen molar-refractivity contribution in [2.24, 2.45) is 5.92 Å². The zero-order valence-electron chi connectivity index (χ0n) is 17.6. The minimum atomic E-state index is -0.144. The summed E-state index contributed by atoms with van der Waals surface area (Å²) >= 11 is 9.94. The Hall–Kier alpha value is -2.06. The highest BCUT2D eigenvalue weighted by Gasteiger charge is 2.25. The Kier molecular flexibility index (Phi) is 6.86. The molecule has 1 N–H and O–H groups in total. The van der Waals surface area contributed by atoms with E-state index in [1.807, 2.05) is 53.9 Å². The summed E-state index contributed by atoms with van der Waals surface area (Å²) in [7, 11) is 3.97. The molecule has 0 bridgehead atoms. The van der Waals surface area contributed by atoms with Crippen molar-refractivity contribution in [3.63, 3.8) is 0 Å². The molecule has 3 aromatic rings. The molecule has 31 heavy (non-hydrogen) atoms. The van der Waals surface area contributed by atoms with Gasteiger partial charge < -0.3 is 10.2 Å². The second-order valence-corrected chi connectivity index (χ2v) is 9.38. The molecule has 1 aliphatic carbocycles. The first-order valence-corrected chi connectivity index (χ1v) is 11.5. The normalized spacial score (nSPS) is 13.7. The van der Waals surface area contributed by atoms with Gasteiger partial charge in [0, 0.05) is 10.0 Å². The Morgan fingerprint density at radius 2 is 1.90 bits per heavy atom. The van der Waals surface area contributed by atoms with Crippen molar-refractivity contribution in [1.29, 1.82) is 0 Å². The summed E-state index contributed by atoms with van der Waals surface area (Å²) < 4.78 is 2.70. The number of halogens is 2. The van der Waals surface area contributed by atoms with Crippen molar-refractivity contribution in [3.05, 3.63) is 74.7 Å². The first-order chi connectivity index (χ1) is 15.0. The Morgan fingerprint density at radius 1 is 1.16 bits per heavy atom. The number of benzene rings is 2. The molecule has 0 radical (unpaired) electrons. The fraction of sp³-hybridized carbons (Fsp3) is 0.348. The molecule has 0 aliphatic heterocycles. The fourth-order valence-electron chi connectivity index (χ4n) is 3.55. The monoisotopic (exact) mass is 501 g/mol. The molecule has 162 valence electrons. The lowest BCUT2D eigenvalue weighted by atomic mass is 10.0. The molecule has 0 saturated heterocycles. The number of nitrogens with zero attached hydrogens (tertiary/aromatic N) is 4. The Morgan fingerprint density at radius 3 is 2.61 bits per heavy atom. The summed E-state index contributed by atoms with van der Waals surface area (Å²) in [6, 6.07) is 12.8. The second-order valence-electron chi connectivity index (χ2n) is 8.12. The van der Waals surface area contributed by atoms with Gasteiger partial charge in [-0.25, -0.2) is 0 Å². The van der Waals surface area contributed by atoms with Gasteiger partial charge in [0.05, 0.1) is 29.4 Å². The van der Waals surface area contributed by atoms with Crippen LogP contribution in [0.15, 0.2) is 46.9 Å². The molecule has 2 aromatic carbocycles. The molecule has 6 nitrogen and oxygen atoms in total. The van der Waals surface area contributed by atoms with Crippen molar-refractivity contribution in [2.45, 2.75) is 25.9 Å². The Balaban J connectivity index is 1.79. The summed E-state index contributed by atoms with van der Waals surface area (Å²) in [5.41, 5.74) is 1.75. The van der Waals surface area contributed by atoms with Gasteiger partial charge in [0.25, 0.3) is 0 Å². The van der Waals surface area contributed by atoms with Crippen molar-refractivity contribution in [3.8, 4) is 5.69 Å². The maximum absolute atomic E-state index is 13.6. The van der Waals surface area contributed by atoms with Gasteiger partial charge in [0.15, 0.2) is 17.4 Å². The van der Waals surface area contributed by atoms with E-state index >= 15 is 0 Å². The third-order valence-corrected chi connectivity index (χ3v) is 6.24. The van der Waals surface area contributed by atoms with E-state index in [0.717, 1.165) is 29.8 Å². The van der Waals surface area contributed by atoms with Gasteiger partial charge in [-0.1, -0.05) is 29.8 Å². The van der Waals surface area contributed by atoms with E-state index in [1.54, 1.807) is 12.1 Å². The Bertz CT molecular complexity index is 1090. The third-order valence-electron chi connectivity index (χ3n) is 5.25. The average Bonchev–Trinajstić information content (AvgIpc) is 3.47. The van der Waals surface area contributed by atoms with Crippen LogP contribution in [0.2, 0.25) is 5.02 Å². The second kappa shape index (κ2) is 9.61. The van der Waals surface area contributed by atoms with Crippen molar-refractivity contribution >= 4 is 33.3 Å². The number of carbonyl (C=O) groups excluding carboxylic acids is 1. The smallest absolute Gasteiger partial charge is 0.197 e. The van der Waals surface area contributed by atoms with Gasteiger partial charge in [0.2, 0.25) is 0 Å². The molecule has 1 aromatic heterocycles. The predicted molar refractivity (Wildman–Crippen MR) is 126 cm³/mol. The van der Waals surface area contributed by atoms with E-state index in [9.17, 15) is 4.79 Å². The maximum Gasteiger partial charge on any atom is 0.197 e. The quantitative estimate of drug-likeness (QED) is 0.437. The molecular formula is C23H25BrClN5O. The molecule has 8 heteroatoms. The number of carbonyl (C=O) groups is 1. The summed E-state index contributed by atoms with van der Waals surface area (Å²) in [6.45, 7) is 2.16. The van der Waals surface area contributed by atoms with Crippen LogP contribution in [0.5, 0.6) is 0 Å². The number of hydrogen-bond acceptors (Lipinski definition) is 5. The van der Waals surface area contributed by atoms with Crippen LogP contribution in [0, 0.1) is 5.92 Å². The van der Waals surface area contributed by atoms with Crippen LogP contribution < -0.4 is 5.32 Å². The standard InChI is InChI=1S/C23H25BrClN5O/c1-29(2)14-21-28-27-20(13-26-12-15-10-11-15)30(21)19-9-5-7-17(24)22(19)23(31)16-6-3-4-8-18(16)25/h3-9,15,26H,10-14H2,1-2H3. The average molecular weight is 503 g/mol. The SMILES string of the molecule is CN(C)Cc1nnc(CNCC2CC2)n1-c1cccc(Br)c1C(=O)c1ccccc1Cl. The maximum atomic E-state index is 13.6. The van der Waals surface area contributed by atoms with Crippen LogP contribution in [-0.2, 0) is 13.1 Å². The summed E-state index contributed by atoms with van der Waals surface area (Å²) in [4.78, 5) is 15.6. The van der Waals surface area contributed by atoms with Crippen molar-refractivity contribution < 1.29 is 4.79 Å². The first-order valence-electron chi connectivity index (χ1n) is 10.3. The van der Waals surface area contributed by atoms with Crippen LogP contribution >= 0.6 is 27.5 Å². The fourth-order valence-corrected chi connectivity index (χ4v) is 4.30. The van der Waals surface area contributed by atoms with Gasteiger partial charge in [-0.05, 0) is 79.6 Å². The van der Waals surface area contributed by atoms with Gasteiger partial charge >= 0.3 is 0 Å². The summed E-state index contributed by atoms with van der Waals surface area (Å²) in [5.74, 6) is 2.18. The predicted octanol–water partition coefficient (Wildman–Crippen LogP) is 4.48. The number of nitrogens with one attached hydrogen (secondary N) is 1. The minimum Gasteiger partial charge on any atom is -0.310 e. The highest BCUT2D eigenvalue weighted by atomic mass is 79.9. The van der Waals surface area contributed by atoms with E-state index in [-0.39, 0.29) is 5.78 Å². The number of ketones is 1. The molecule has 0 spiro atoms. The number of aromatic nitrogens is 3. The first kappa shape index (κ1) is 22.1. The molecular weight excluding hydrogens is 478 g/mol. The van der Waals surface area contributed by atoms with E-state index < -0.39 is 0 Å². The van der Waals surface area contributed by atoms with E-state index in [4.69, 9.17) is 11.6 Å². The van der Waals surface area contributed by atoms with Crippen molar-refractivity contribution in [1.82, 2.24) is 25.0 Å². The van der Waals surface area contributed by atoms with Crippen molar-refractivity contribution in [2.75, 3.05) is 20.6 Å². The zero-order chi connectivity index (χ0) is 22.0. The van der Waals surface area contributed by atoms with E-state index in [0.29, 0.717) is 33.7 Å².